The Labute approximate surface area is 125 Å². The number of carbonyl (C=O) groups excluding carboxylic acids is 1. The van der Waals surface area contributed by atoms with Gasteiger partial charge in [-0.15, -0.1) is 11.3 Å². The monoisotopic (exact) mass is 299 g/mol. The Bertz CT molecular complexity index is 792. The number of rotatable bonds is 3. The molecule has 0 saturated heterocycles. The maximum Gasteiger partial charge on any atom is 0.267 e. The number of nitrogens with one attached hydrogen (secondary N) is 1. The van der Waals surface area contributed by atoms with Crippen LogP contribution >= 0.6 is 11.3 Å². The summed E-state index contributed by atoms with van der Waals surface area (Å²) in [5.41, 5.74) is 1.56. The molecule has 1 N–H and O–H groups in total. The van der Waals surface area contributed by atoms with Gasteiger partial charge in [0.05, 0.1) is 11.2 Å². The fourth-order valence-corrected chi connectivity index (χ4v) is 2.54. The third-order valence-electron chi connectivity index (χ3n) is 2.82. The fraction of sp³-hybridized carbons (Fsp3) is 0.143. The number of hydrogen-bond donors (Lipinski definition) is 1. The Morgan fingerprint density at radius 1 is 1.33 bits per heavy atom. The van der Waals surface area contributed by atoms with Crippen molar-refractivity contribution in [2.45, 2.75) is 6.92 Å². The first kappa shape index (κ1) is 13.4. The summed E-state index contributed by atoms with van der Waals surface area (Å²) in [7, 11) is 1.81. The molecule has 0 saturated carbocycles. The van der Waals surface area contributed by atoms with Gasteiger partial charge in [-0.3, -0.25) is 9.48 Å². The molecular weight excluding hydrogens is 286 g/mol. The van der Waals surface area contributed by atoms with Crippen molar-refractivity contribution in [2.75, 3.05) is 5.32 Å². The first-order valence-corrected chi connectivity index (χ1v) is 7.13. The fourth-order valence-electron chi connectivity index (χ4n) is 1.87. The Morgan fingerprint density at radius 3 is 2.86 bits per heavy atom. The minimum absolute atomic E-state index is 0.160. The zero-order chi connectivity index (χ0) is 14.8. The lowest BCUT2D eigenvalue weighted by molar-refractivity contribution is 0.103. The van der Waals surface area contributed by atoms with Crippen LogP contribution in [0.15, 0.2) is 36.8 Å². The highest BCUT2D eigenvalue weighted by Crippen LogP contribution is 2.20. The highest BCUT2D eigenvalue weighted by Gasteiger charge is 2.10. The SMILES string of the molecule is Cc1ncc(C(=O)Nc2cccc(-c3ncn(C)n3)c2)s1. The van der Waals surface area contributed by atoms with Gasteiger partial charge >= 0.3 is 0 Å². The van der Waals surface area contributed by atoms with Gasteiger partial charge in [0, 0.05) is 18.3 Å². The second kappa shape index (κ2) is 5.45. The second-order valence-electron chi connectivity index (χ2n) is 4.52. The van der Waals surface area contributed by atoms with Gasteiger partial charge < -0.3 is 5.32 Å². The summed E-state index contributed by atoms with van der Waals surface area (Å²) in [6.07, 6.45) is 3.22. The minimum Gasteiger partial charge on any atom is -0.321 e. The standard InChI is InChI=1S/C14H13N5OS/c1-9-15-7-12(21-9)14(20)17-11-5-3-4-10(6-11)13-16-8-19(2)18-13/h3-8H,1-2H3,(H,17,20). The normalized spacial score (nSPS) is 10.6. The Balaban J connectivity index is 1.82. The average Bonchev–Trinajstić information content (AvgIpc) is 3.08. The van der Waals surface area contributed by atoms with Gasteiger partial charge in [0.1, 0.15) is 11.2 Å². The van der Waals surface area contributed by atoms with E-state index in [9.17, 15) is 4.79 Å². The Kier molecular flexibility index (Phi) is 3.49. The number of anilines is 1. The lowest BCUT2D eigenvalue weighted by Crippen LogP contribution is -2.10. The van der Waals surface area contributed by atoms with Crippen LogP contribution in [0.1, 0.15) is 14.7 Å². The van der Waals surface area contributed by atoms with E-state index >= 15 is 0 Å². The molecule has 1 aromatic carbocycles. The maximum atomic E-state index is 12.1. The minimum atomic E-state index is -0.160. The molecule has 3 rings (SSSR count). The third-order valence-corrected chi connectivity index (χ3v) is 3.73. The van der Waals surface area contributed by atoms with Crippen molar-refractivity contribution in [1.82, 2.24) is 19.7 Å². The lowest BCUT2D eigenvalue weighted by atomic mass is 10.2. The molecule has 0 bridgehead atoms. The molecule has 0 spiro atoms. The zero-order valence-corrected chi connectivity index (χ0v) is 12.4. The van der Waals surface area contributed by atoms with Gasteiger partial charge in [0.2, 0.25) is 0 Å². The van der Waals surface area contributed by atoms with Crippen LogP contribution in [0.4, 0.5) is 5.69 Å². The summed E-state index contributed by atoms with van der Waals surface area (Å²) in [6, 6.07) is 7.44. The summed E-state index contributed by atoms with van der Waals surface area (Å²) < 4.78 is 1.64. The van der Waals surface area contributed by atoms with Crippen LogP contribution in [-0.4, -0.2) is 25.7 Å². The van der Waals surface area contributed by atoms with Gasteiger partial charge in [0.25, 0.3) is 5.91 Å². The van der Waals surface area contributed by atoms with Crippen LogP contribution in [0.3, 0.4) is 0 Å². The number of amides is 1. The predicted molar refractivity (Wildman–Crippen MR) is 81.2 cm³/mol. The first-order valence-electron chi connectivity index (χ1n) is 6.32. The topological polar surface area (TPSA) is 72.7 Å². The van der Waals surface area contributed by atoms with E-state index in [1.54, 1.807) is 17.2 Å². The van der Waals surface area contributed by atoms with Crippen molar-refractivity contribution < 1.29 is 4.79 Å². The first-order chi connectivity index (χ1) is 10.1. The van der Waals surface area contributed by atoms with Crippen LogP contribution in [0.5, 0.6) is 0 Å². The predicted octanol–water partition coefficient (Wildman–Crippen LogP) is 2.50. The van der Waals surface area contributed by atoms with Crippen LogP contribution in [-0.2, 0) is 7.05 Å². The Hall–Kier alpha value is -2.54. The molecule has 0 atom stereocenters. The lowest BCUT2D eigenvalue weighted by Gasteiger charge is -2.04. The second-order valence-corrected chi connectivity index (χ2v) is 5.76. The van der Waals surface area contributed by atoms with Crippen LogP contribution in [0, 0.1) is 6.92 Å². The Morgan fingerprint density at radius 2 is 2.19 bits per heavy atom. The summed E-state index contributed by atoms with van der Waals surface area (Å²) in [4.78, 5) is 21.0. The summed E-state index contributed by atoms with van der Waals surface area (Å²) >= 11 is 1.37. The summed E-state index contributed by atoms with van der Waals surface area (Å²) in [6.45, 7) is 1.87. The molecule has 0 radical (unpaired) electrons. The van der Waals surface area contributed by atoms with Crippen LogP contribution < -0.4 is 5.32 Å². The van der Waals surface area contributed by atoms with Crippen molar-refractivity contribution in [3.63, 3.8) is 0 Å². The highest BCUT2D eigenvalue weighted by molar-refractivity contribution is 7.13. The molecule has 21 heavy (non-hydrogen) atoms. The number of benzene rings is 1. The summed E-state index contributed by atoms with van der Waals surface area (Å²) in [5, 5.41) is 7.97. The molecule has 2 aromatic heterocycles. The number of aromatic nitrogens is 4. The van der Waals surface area contributed by atoms with E-state index in [2.05, 4.69) is 20.4 Å². The molecule has 2 heterocycles. The van der Waals surface area contributed by atoms with Gasteiger partial charge in [-0.25, -0.2) is 9.97 Å². The van der Waals surface area contributed by atoms with Crippen molar-refractivity contribution in [3.8, 4) is 11.4 Å². The van der Waals surface area contributed by atoms with Gasteiger partial charge in [-0.05, 0) is 19.1 Å². The van der Waals surface area contributed by atoms with Crippen molar-refractivity contribution in [3.05, 3.63) is 46.7 Å². The molecule has 1 amide bonds. The van der Waals surface area contributed by atoms with E-state index in [0.717, 1.165) is 10.6 Å². The average molecular weight is 299 g/mol. The molecule has 0 aliphatic carbocycles. The molecule has 0 fully saturated rings. The molecule has 0 unspecified atom stereocenters. The van der Waals surface area contributed by atoms with Gasteiger partial charge in [-0.1, -0.05) is 12.1 Å². The van der Waals surface area contributed by atoms with Gasteiger partial charge in [0.15, 0.2) is 5.82 Å². The number of hydrogen-bond acceptors (Lipinski definition) is 5. The molecule has 6 nitrogen and oxygen atoms in total. The van der Waals surface area contributed by atoms with E-state index in [0.29, 0.717) is 16.4 Å². The number of thiazole rings is 1. The quantitative estimate of drug-likeness (QED) is 0.806. The van der Waals surface area contributed by atoms with Gasteiger partial charge in [-0.2, -0.15) is 5.10 Å². The highest BCUT2D eigenvalue weighted by atomic mass is 32.1. The summed E-state index contributed by atoms with van der Waals surface area (Å²) in [5.74, 6) is 0.467. The maximum absolute atomic E-state index is 12.1. The van der Waals surface area contributed by atoms with E-state index in [-0.39, 0.29) is 5.91 Å². The molecule has 0 aliphatic rings. The number of aryl methyl sites for hydroxylation is 2. The molecular formula is C14H13N5OS. The molecule has 7 heteroatoms. The van der Waals surface area contributed by atoms with Crippen molar-refractivity contribution in [2.24, 2.45) is 7.05 Å². The number of nitrogens with zero attached hydrogens (tertiary/aromatic N) is 4. The zero-order valence-electron chi connectivity index (χ0n) is 11.6. The number of carbonyl (C=O) groups is 1. The van der Waals surface area contributed by atoms with E-state index in [1.165, 1.54) is 11.3 Å². The molecule has 0 aliphatic heterocycles. The van der Waals surface area contributed by atoms with E-state index in [4.69, 9.17) is 0 Å². The van der Waals surface area contributed by atoms with E-state index < -0.39 is 0 Å². The third kappa shape index (κ3) is 2.97. The smallest absolute Gasteiger partial charge is 0.267 e. The molecule has 106 valence electrons. The van der Waals surface area contributed by atoms with Crippen molar-refractivity contribution >= 4 is 22.9 Å². The van der Waals surface area contributed by atoms with E-state index in [1.807, 2.05) is 38.2 Å². The van der Waals surface area contributed by atoms with Crippen molar-refractivity contribution in [1.29, 1.82) is 0 Å². The molecule has 3 aromatic rings. The van der Waals surface area contributed by atoms with Crippen LogP contribution in [0.25, 0.3) is 11.4 Å². The largest absolute Gasteiger partial charge is 0.321 e. The van der Waals surface area contributed by atoms with Crippen LogP contribution in [0.2, 0.25) is 0 Å².